The van der Waals surface area contributed by atoms with Crippen LogP contribution in [0.25, 0.3) is 0 Å². The average molecular weight is 375 g/mol. The van der Waals surface area contributed by atoms with E-state index in [-0.39, 0.29) is 30.0 Å². The number of halogens is 1. The number of anilines is 1. The third-order valence-corrected chi connectivity index (χ3v) is 3.67. The molecule has 0 fully saturated rings. The van der Waals surface area contributed by atoms with Crippen molar-refractivity contribution in [3.63, 3.8) is 0 Å². The number of ether oxygens (including phenoxy) is 1. The first-order valence-electron chi connectivity index (χ1n) is 7.91. The molecule has 0 aliphatic carbocycles. The molecule has 0 spiro atoms. The van der Waals surface area contributed by atoms with Crippen LogP contribution in [-0.2, 0) is 16.1 Å². The average Bonchev–Trinajstić information content (AvgIpc) is 2.58. The Kier molecular flexibility index (Phi) is 6.74. The van der Waals surface area contributed by atoms with Gasteiger partial charge in [0.1, 0.15) is 5.75 Å². The van der Waals surface area contributed by atoms with E-state index in [9.17, 15) is 14.4 Å². The lowest BCUT2D eigenvalue weighted by atomic mass is 10.1. The molecule has 0 aromatic heterocycles. The lowest BCUT2D eigenvalue weighted by molar-refractivity contribution is -0.123. The molecule has 2 aromatic carbocycles. The van der Waals surface area contributed by atoms with Gasteiger partial charge in [-0.05, 0) is 42.8 Å². The van der Waals surface area contributed by atoms with Crippen LogP contribution in [0.5, 0.6) is 5.75 Å². The van der Waals surface area contributed by atoms with Crippen LogP contribution in [0.15, 0.2) is 42.5 Å². The van der Waals surface area contributed by atoms with Crippen LogP contribution in [0.2, 0.25) is 5.02 Å². The molecular weight excluding hydrogens is 356 g/mol. The molecule has 0 aliphatic rings. The number of carbonyl (C=O) groups excluding carboxylic acids is 3. The van der Waals surface area contributed by atoms with Crippen molar-refractivity contribution >= 4 is 34.9 Å². The number of ketones is 1. The number of hydrogen-bond acceptors (Lipinski definition) is 4. The van der Waals surface area contributed by atoms with E-state index >= 15 is 0 Å². The van der Waals surface area contributed by atoms with Gasteiger partial charge in [0.15, 0.2) is 12.4 Å². The van der Waals surface area contributed by atoms with E-state index < -0.39 is 0 Å². The van der Waals surface area contributed by atoms with Gasteiger partial charge in [0.25, 0.3) is 5.91 Å². The summed E-state index contributed by atoms with van der Waals surface area (Å²) in [7, 11) is 0. The topological polar surface area (TPSA) is 84.5 Å². The largest absolute Gasteiger partial charge is 0.482 e. The number of Topliss-reactive ketones (excluding diaryl/α,β-unsaturated/α-hetero) is 1. The third kappa shape index (κ3) is 5.89. The Morgan fingerprint density at radius 2 is 1.85 bits per heavy atom. The molecule has 6 nitrogen and oxygen atoms in total. The highest BCUT2D eigenvalue weighted by Gasteiger charge is 2.11. The van der Waals surface area contributed by atoms with E-state index in [1.165, 1.54) is 19.9 Å². The molecule has 0 aliphatic heterocycles. The summed E-state index contributed by atoms with van der Waals surface area (Å²) in [6.45, 7) is 2.85. The van der Waals surface area contributed by atoms with E-state index in [4.69, 9.17) is 16.3 Å². The Labute approximate surface area is 156 Å². The maximum absolute atomic E-state index is 12.0. The van der Waals surface area contributed by atoms with Crippen LogP contribution in [0.3, 0.4) is 0 Å². The van der Waals surface area contributed by atoms with Gasteiger partial charge in [-0.1, -0.05) is 23.7 Å². The Morgan fingerprint density at radius 1 is 1.08 bits per heavy atom. The first-order valence-corrected chi connectivity index (χ1v) is 8.29. The van der Waals surface area contributed by atoms with Gasteiger partial charge in [-0.15, -0.1) is 0 Å². The van der Waals surface area contributed by atoms with Gasteiger partial charge in [-0.3, -0.25) is 14.4 Å². The molecule has 0 saturated carbocycles. The lowest BCUT2D eigenvalue weighted by Gasteiger charge is -2.13. The minimum atomic E-state index is -0.341. The van der Waals surface area contributed by atoms with Crippen LogP contribution in [0.4, 0.5) is 5.69 Å². The fourth-order valence-corrected chi connectivity index (χ4v) is 2.41. The predicted molar refractivity (Wildman–Crippen MR) is 99.5 cm³/mol. The predicted octanol–water partition coefficient (Wildman–Crippen LogP) is 3.20. The molecule has 26 heavy (non-hydrogen) atoms. The molecule has 136 valence electrons. The molecule has 0 bridgehead atoms. The molecule has 7 heteroatoms. The maximum atomic E-state index is 12.0. The van der Waals surface area contributed by atoms with Crippen LogP contribution >= 0.6 is 11.6 Å². The highest BCUT2D eigenvalue weighted by molar-refractivity contribution is 6.30. The van der Waals surface area contributed by atoms with Crippen molar-refractivity contribution in [3.05, 3.63) is 58.6 Å². The number of rotatable bonds is 7. The van der Waals surface area contributed by atoms with Gasteiger partial charge in [-0.2, -0.15) is 0 Å². The van der Waals surface area contributed by atoms with Gasteiger partial charge in [-0.25, -0.2) is 0 Å². The summed E-state index contributed by atoms with van der Waals surface area (Å²) in [5.74, 6) is -0.511. The lowest BCUT2D eigenvalue weighted by Crippen LogP contribution is -2.28. The molecular formula is C19H19ClN2O4. The minimum absolute atomic E-state index is 0.144. The fraction of sp³-hybridized carbons (Fsp3) is 0.211. The van der Waals surface area contributed by atoms with E-state index in [2.05, 4.69) is 10.6 Å². The monoisotopic (exact) mass is 374 g/mol. The number of amides is 2. The highest BCUT2D eigenvalue weighted by atomic mass is 35.5. The summed E-state index contributed by atoms with van der Waals surface area (Å²) in [4.78, 5) is 34.8. The Balaban J connectivity index is 2.00. The highest BCUT2D eigenvalue weighted by Crippen LogP contribution is 2.26. The third-order valence-electron chi connectivity index (χ3n) is 3.44. The molecule has 2 amide bonds. The summed E-state index contributed by atoms with van der Waals surface area (Å²) in [6.07, 6.45) is 0. The van der Waals surface area contributed by atoms with Crippen LogP contribution < -0.4 is 15.4 Å². The number of benzene rings is 2. The maximum Gasteiger partial charge on any atom is 0.258 e. The molecule has 0 atom stereocenters. The molecule has 0 heterocycles. The van der Waals surface area contributed by atoms with E-state index in [1.807, 2.05) is 6.07 Å². The zero-order chi connectivity index (χ0) is 19.1. The first-order chi connectivity index (χ1) is 12.3. The van der Waals surface area contributed by atoms with Crippen molar-refractivity contribution in [2.45, 2.75) is 20.4 Å². The number of nitrogens with one attached hydrogen (secondary N) is 2. The van der Waals surface area contributed by atoms with Gasteiger partial charge in [0.05, 0.1) is 5.69 Å². The molecule has 2 N–H and O–H groups in total. The SMILES string of the molecule is CC(=O)Nc1ccc(C(C)=O)cc1OCC(=O)NCc1cccc(Cl)c1. The Morgan fingerprint density at radius 3 is 2.50 bits per heavy atom. The zero-order valence-electron chi connectivity index (χ0n) is 14.5. The summed E-state index contributed by atoms with van der Waals surface area (Å²) in [5.41, 5.74) is 1.68. The van der Waals surface area contributed by atoms with Crippen molar-refractivity contribution in [2.75, 3.05) is 11.9 Å². The van der Waals surface area contributed by atoms with Gasteiger partial charge in [0.2, 0.25) is 5.91 Å². The summed E-state index contributed by atoms with van der Waals surface area (Å²) >= 11 is 5.90. The van der Waals surface area contributed by atoms with Crippen molar-refractivity contribution in [3.8, 4) is 5.75 Å². The van der Waals surface area contributed by atoms with Gasteiger partial charge >= 0.3 is 0 Å². The summed E-state index contributed by atoms with van der Waals surface area (Å²) in [6, 6.07) is 11.8. The smallest absolute Gasteiger partial charge is 0.258 e. The van der Waals surface area contributed by atoms with Gasteiger partial charge in [0, 0.05) is 24.1 Å². The molecule has 0 unspecified atom stereocenters. The molecule has 2 rings (SSSR count). The first kappa shape index (κ1) is 19.5. The van der Waals surface area contributed by atoms with E-state index in [0.717, 1.165) is 5.56 Å². The molecule has 0 radical (unpaired) electrons. The van der Waals surface area contributed by atoms with E-state index in [0.29, 0.717) is 22.8 Å². The number of carbonyl (C=O) groups is 3. The van der Waals surface area contributed by atoms with Crippen LogP contribution in [0.1, 0.15) is 29.8 Å². The second kappa shape index (κ2) is 9.01. The fourth-order valence-electron chi connectivity index (χ4n) is 2.20. The number of hydrogen-bond donors (Lipinski definition) is 2. The second-order valence-corrected chi connectivity index (χ2v) is 6.08. The zero-order valence-corrected chi connectivity index (χ0v) is 15.2. The van der Waals surface area contributed by atoms with Crippen LogP contribution in [-0.4, -0.2) is 24.2 Å². The Hall–Kier alpha value is -2.86. The van der Waals surface area contributed by atoms with Crippen molar-refractivity contribution < 1.29 is 19.1 Å². The van der Waals surface area contributed by atoms with Crippen molar-refractivity contribution in [1.29, 1.82) is 0 Å². The Bertz CT molecular complexity index is 836. The second-order valence-electron chi connectivity index (χ2n) is 5.64. The standard InChI is InChI=1S/C19H19ClN2O4/c1-12(23)15-6-7-17(22-13(2)24)18(9-15)26-11-19(25)21-10-14-4-3-5-16(20)8-14/h3-9H,10-11H2,1-2H3,(H,21,25)(H,22,24). The quantitative estimate of drug-likeness (QED) is 0.729. The summed E-state index contributed by atoms with van der Waals surface area (Å²) in [5, 5.41) is 5.91. The molecule has 0 saturated heterocycles. The van der Waals surface area contributed by atoms with Gasteiger partial charge < -0.3 is 15.4 Å². The van der Waals surface area contributed by atoms with Crippen molar-refractivity contribution in [1.82, 2.24) is 5.32 Å². The summed E-state index contributed by atoms with van der Waals surface area (Å²) < 4.78 is 5.50. The van der Waals surface area contributed by atoms with Crippen LogP contribution in [0, 0.1) is 0 Å². The van der Waals surface area contributed by atoms with Crippen molar-refractivity contribution in [2.24, 2.45) is 0 Å². The van der Waals surface area contributed by atoms with E-state index in [1.54, 1.807) is 30.3 Å². The normalized spacial score (nSPS) is 10.1. The molecule has 2 aromatic rings. The minimum Gasteiger partial charge on any atom is -0.482 e.